The molecule has 100 valence electrons. The summed E-state index contributed by atoms with van der Waals surface area (Å²) < 4.78 is 0. The number of rotatable bonds is 6. The van der Waals surface area contributed by atoms with Gasteiger partial charge in [0.15, 0.2) is 0 Å². The molecule has 0 bridgehead atoms. The van der Waals surface area contributed by atoms with Crippen LogP contribution in [0.4, 0.5) is 0 Å². The van der Waals surface area contributed by atoms with E-state index in [1.54, 1.807) is 0 Å². The van der Waals surface area contributed by atoms with E-state index in [0.29, 0.717) is 5.92 Å². The molecule has 0 radical (unpaired) electrons. The van der Waals surface area contributed by atoms with Crippen molar-refractivity contribution < 1.29 is 0 Å². The van der Waals surface area contributed by atoms with Crippen molar-refractivity contribution in [2.75, 3.05) is 0 Å². The second-order valence-electron chi connectivity index (χ2n) is 5.23. The average Bonchev–Trinajstić information content (AvgIpc) is 2.69. The van der Waals surface area contributed by atoms with Crippen molar-refractivity contribution in [3.63, 3.8) is 0 Å². The normalized spacial score (nSPS) is 20.3. The Morgan fingerprint density at radius 3 is 2.61 bits per heavy atom. The molecule has 0 aliphatic carbocycles. The van der Waals surface area contributed by atoms with Gasteiger partial charge in [-0.05, 0) is 38.3 Å². The lowest BCUT2D eigenvalue weighted by Crippen LogP contribution is -2.06. The minimum atomic E-state index is 0.475. The zero-order chi connectivity index (χ0) is 13.7. The van der Waals surface area contributed by atoms with Crippen molar-refractivity contribution in [2.24, 2.45) is 16.6 Å². The highest BCUT2D eigenvalue weighted by Gasteiger charge is 2.20. The monoisotopic (exact) mass is 246 g/mol. The van der Waals surface area contributed by atoms with Crippen molar-refractivity contribution in [2.45, 2.75) is 53.4 Å². The van der Waals surface area contributed by atoms with Gasteiger partial charge in [-0.2, -0.15) is 0 Å². The van der Waals surface area contributed by atoms with Crippen molar-refractivity contribution in [3.8, 4) is 0 Å². The Labute approximate surface area is 111 Å². The maximum absolute atomic E-state index is 6.18. The molecule has 0 spiro atoms. The Balaban J connectivity index is 2.82. The molecule has 1 aliphatic rings. The minimum absolute atomic E-state index is 0.475. The van der Waals surface area contributed by atoms with E-state index in [0.717, 1.165) is 22.5 Å². The van der Waals surface area contributed by atoms with Crippen LogP contribution < -0.4 is 5.73 Å². The topological polar surface area (TPSA) is 38.4 Å². The van der Waals surface area contributed by atoms with Crippen LogP contribution in [-0.4, -0.2) is 6.21 Å². The van der Waals surface area contributed by atoms with Crippen LogP contribution in [0, 0.1) is 5.92 Å². The summed E-state index contributed by atoms with van der Waals surface area (Å²) in [5.41, 5.74) is 11.3. The Bertz CT molecular complexity index is 411. The minimum Gasteiger partial charge on any atom is -0.397 e. The molecule has 0 saturated heterocycles. The van der Waals surface area contributed by atoms with Gasteiger partial charge in [0.25, 0.3) is 0 Å². The highest BCUT2D eigenvalue weighted by Crippen LogP contribution is 2.30. The van der Waals surface area contributed by atoms with Crippen molar-refractivity contribution >= 4 is 6.21 Å². The number of nitrogens with zero attached hydrogens (tertiary/aromatic N) is 1. The summed E-state index contributed by atoms with van der Waals surface area (Å²) in [6, 6.07) is 0. The number of hydrogen-bond acceptors (Lipinski definition) is 2. The first-order valence-electron chi connectivity index (χ1n) is 6.86. The standard InChI is InChI=1S/C16H26N2/c1-6-7-8-9-14-10-18-16(13(14)5)15(17)12(4)11(2)3/h10,14H,2,6-9,17H2,1,3-5H3/b15-12+. The van der Waals surface area contributed by atoms with Crippen LogP contribution in [0.25, 0.3) is 0 Å². The molecule has 1 aliphatic heterocycles. The zero-order valence-corrected chi connectivity index (χ0v) is 12.2. The van der Waals surface area contributed by atoms with Crippen LogP contribution in [0.5, 0.6) is 0 Å². The van der Waals surface area contributed by atoms with Crippen LogP contribution >= 0.6 is 0 Å². The summed E-state index contributed by atoms with van der Waals surface area (Å²) in [6.45, 7) is 12.3. The van der Waals surface area contributed by atoms with Crippen LogP contribution in [0.2, 0.25) is 0 Å². The van der Waals surface area contributed by atoms with E-state index >= 15 is 0 Å². The molecule has 2 nitrogen and oxygen atoms in total. The smallest absolute Gasteiger partial charge is 0.0853 e. The van der Waals surface area contributed by atoms with E-state index in [9.17, 15) is 0 Å². The molecule has 0 aromatic heterocycles. The first-order valence-corrected chi connectivity index (χ1v) is 6.86. The summed E-state index contributed by atoms with van der Waals surface area (Å²) in [4.78, 5) is 4.51. The van der Waals surface area contributed by atoms with Crippen LogP contribution in [0.15, 0.2) is 39.7 Å². The average molecular weight is 246 g/mol. The maximum atomic E-state index is 6.18. The molecule has 0 aromatic rings. The first kappa shape index (κ1) is 14.7. The number of nitrogens with two attached hydrogens (primary N) is 1. The van der Waals surface area contributed by atoms with Gasteiger partial charge in [0, 0.05) is 12.1 Å². The molecule has 0 aromatic carbocycles. The molecule has 18 heavy (non-hydrogen) atoms. The predicted octanol–water partition coefficient (Wildman–Crippen LogP) is 4.35. The quantitative estimate of drug-likeness (QED) is 0.549. The Kier molecular flexibility index (Phi) is 5.39. The van der Waals surface area contributed by atoms with Gasteiger partial charge >= 0.3 is 0 Å². The van der Waals surface area contributed by atoms with E-state index in [1.807, 2.05) is 13.8 Å². The fraction of sp³-hybridized carbons (Fsp3) is 0.562. The SMILES string of the molecule is C=C(C)/C(C)=C(/N)C1=C(C)C(CCCCC)C=N1. The molecule has 0 fully saturated rings. The summed E-state index contributed by atoms with van der Waals surface area (Å²) >= 11 is 0. The molecule has 0 saturated carbocycles. The third-order valence-corrected chi connectivity index (χ3v) is 3.73. The molecule has 2 N–H and O–H groups in total. The summed E-state index contributed by atoms with van der Waals surface area (Å²) in [5, 5.41) is 0. The van der Waals surface area contributed by atoms with Crippen LogP contribution in [0.1, 0.15) is 53.4 Å². The molecule has 1 atom stereocenters. The fourth-order valence-corrected chi connectivity index (χ4v) is 2.15. The number of unbranched alkanes of at least 4 members (excludes halogenated alkanes) is 2. The number of aliphatic imine (C=N–C) groups is 1. The van der Waals surface area contributed by atoms with Gasteiger partial charge in [-0.15, -0.1) is 0 Å². The van der Waals surface area contributed by atoms with E-state index in [-0.39, 0.29) is 0 Å². The van der Waals surface area contributed by atoms with Gasteiger partial charge < -0.3 is 5.73 Å². The van der Waals surface area contributed by atoms with Gasteiger partial charge in [0.05, 0.1) is 11.4 Å². The van der Waals surface area contributed by atoms with Gasteiger partial charge in [0.1, 0.15) is 0 Å². The van der Waals surface area contributed by atoms with Gasteiger partial charge in [-0.25, -0.2) is 0 Å². The van der Waals surface area contributed by atoms with Crippen LogP contribution in [-0.2, 0) is 0 Å². The van der Waals surface area contributed by atoms with Crippen molar-refractivity contribution in [1.82, 2.24) is 0 Å². The van der Waals surface area contributed by atoms with E-state index in [4.69, 9.17) is 5.73 Å². The van der Waals surface area contributed by atoms with E-state index < -0.39 is 0 Å². The number of allylic oxidation sites excluding steroid dienone is 3. The third-order valence-electron chi connectivity index (χ3n) is 3.73. The van der Waals surface area contributed by atoms with Crippen LogP contribution in [0.3, 0.4) is 0 Å². The molecular formula is C16H26N2. The van der Waals surface area contributed by atoms with Gasteiger partial charge in [0.2, 0.25) is 0 Å². The van der Waals surface area contributed by atoms with Crippen molar-refractivity contribution in [3.05, 3.63) is 34.7 Å². The predicted molar refractivity (Wildman–Crippen MR) is 80.5 cm³/mol. The van der Waals surface area contributed by atoms with Gasteiger partial charge in [-0.3, -0.25) is 4.99 Å². The Morgan fingerprint density at radius 2 is 2.06 bits per heavy atom. The summed E-state index contributed by atoms with van der Waals surface area (Å²) in [6.07, 6.45) is 7.06. The molecule has 1 rings (SSSR count). The summed E-state index contributed by atoms with van der Waals surface area (Å²) in [5.74, 6) is 0.475. The lowest BCUT2D eigenvalue weighted by Gasteiger charge is -2.11. The lowest BCUT2D eigenvalue weighted by molar-refractivity contribution is 0.621. The van der Waals surface area contributed by atoms with Crippen molar-refractivity contribution in [1.29, 1.82) is 0 Å². The lowest BCUT2D eigenvalue weighted by atomic mass is 9.94. The molecule has 1 unspecified atom stereocenters. The summed E-state index contributed by atoms with van der Waals surface area (Å²) in [7, 11) is 0. The largest absolute Gasteiger partial charge is 0.397 e. The molecule has 1 heterocycles. The second-order valence-corrected chi connectivity index (χ2v) is 5.23. The molecular weight excluding hydrogens is 220 g/mol. The first-order chi connectivity index (χ1) is 8.49. The van der Waals surface area contributed by atoms with E-state index in [1.165, 1.54) is 31.3 Å². The van der Waals surface area contributed by atoms with Gasteiger partial charge in [-0.1, -0.05) is 38.3 Å². The maximum Gasteiger partial charge on any atom is 0.0853 e. The molecule has 2 heteroatoms. The highest BCUT2D eigenvalue weighted by molar-refractivity contribution is 5.72. The third kappa shape index (κ3) is 3.34. The molecule has 0 amide bonds. The zero-order valence-electron chi connectivity index (χ0n) is 12.2. The number of hydrogen-bond donors (Lipinski definition) is 1. The highest BCUT2D eigenvalue weighted by atomic mass is 14.8. The Morgan fingerprint density at radius 1 is 1.39 bits per heavy atom. The fourth-order valence-electron chi connectivity index (χ4n) is 2.15. The Hall–Kier alpha value is -1.31. The second kappa shape index (κ2) is 6.58. The van der Waals surface area contributed by atoms with E-state index in [2.05, 4.69) is 31.6 Å².